The first kappa shape index (κ1) is 50.0. The summed E-state index contributed by atoms with van der Waals surface area (Å²) in [5.41, 5.74) is 2.08. The SMILES string of the molecule is C=C1CC2CCC(=O)/C=C/C(O[Si](C)(C)C(C)(C)C)C3OC4CCC(CC(=O)CC5C[C@@H](C[C@H](O)COS)OC5C[C@H]5O[C@@H](CC[C@@H]1O2)C[C@@H](C)C5=C)OC4C(O)C3OSBr. The highest BCUT2D eigenvalue weighted by atomic mass is 79.9. The van der Waals surface area contributed by atoms with Crippen molar-refractivity contribution in [2.45, 2.75) is 215 Å². The molecule has 0 aromatic rings. The van der Waals surface area contributed by atoms with Gasteiger partial charge in [0.1, 0.15) is 30.2 Å². The molecule has 8 rings (SSSR count). The second kappa shape index (κ2) is 21.9. The van der Waals surface area contributed by atoms with Gasteiger partial charge in [-0.1, -0.05) is 46.9 Å². The molecule has 346 valence electrons. The lowest BCUT2D eigenvalue weighted by molar-refractivity contribution is -0.266. The molecule has 12 nitrogen and oxygen atoms in total. The van der Waals surface area contributed by atoms with Gasteiger partial charge in [0.2, 0.25) is 0 Å². The summed E-state index contributed by atoms with van der Waals surface area (Å²) in [5.74, 6) is 0.162. The fraction of sp³-hybridized carbons (Fsp3) is 0.822. The van der Waals surface area contributed by atoms with Crippen LogP contribution in [0.3, 0.4) is 0 Å². The number of fused-ring (bicyclic) bond motifs is 2. The van der Waals surface area contributed by atoms with Crippen LogP contribution in [0.25, 0.3) is 0 Å². The lowest BCUT2D eigenvalue weighted by atomic mass is 9.82. The standard InChI is InChI=1S/C45H71BrO12S2Si/c1-25-17-33-12-15-36-26(2)18-32(52-36)11-9-29(47)10-14-38(58-61(7,8)45(4,5)6)43-44(57-60-46)41(50)42-37(56-43)16-13-34(55-42)21-30(48)19-28-20-35(22-31(49)24-51-59)54-40(28)23-39(53-33)27(25)3/h10,14,25,28,31-44,49-50,59H,2-3,9,11-13,15-24H2,1,4-8H3/b14-10+/t25-,28?,31+,32?,33+,34?,35+,36+,37?,38?,39-,40?,41?,42?,43?,44?/m1/s1. The zero-order chi connectivity index (χ0) is 44.2. The number of ketones is 2. The Balaban J connectivity index is 1.26. The zero-order valence-corrected chi connectivity index (χ0v) is 41.2. The topological polar surface area (TPSA) is 148 Å². The Bertz CT molecular complexity index is 1560. The van der Waals surface area contributed by atoms with Crippen LogP contribution in [0, 0.1) is 11.8 Å². The molecule has 2 N–H and O–H groups in total. The highest BCUT2D eigenvalue weighted by Crippen LogP contribution is 2.44. The van der Waals surface area contributed by atoms with Crippen LogP contribution < -0.4 is 0 Å². The Morgan fingerprint density at radius 1 is 0.918 bits per heavy atom. The molecule has 0 spiro atoms. The van der Waals surface area contributed by atoms with Crippen LogP contribution in [0.1, 0.15) is 111 Å². The average Bonchev–Trinajstić information content (AvgIpc) is 3.74. The molecule has 8 aliphatic heterocycles. The van der Waals surface area contributed by atoms with Crippen molar-refractivity contribution in [3.05, 3.63) is 36.5 Å². The molecule has 10 unspecified atom stereocenters. The summed E-state index contributed by atoms with van der Waals surface area (Å²) in [7, 11) is -1.48. The maximum atomic E-state index is 14.0. The van der Waals surface area contributed by atoms with E-state index in [9.17, 15) is 19.8 Å². The van der Waals surface area contributed by atoms with Crippen molar-refractivity contribution >= 4 is 58.1 Å². The number of carbonyl (C=O) groups excluding carboxylic acids is 2. The lowest BCUT2D eigenvalue weighted by Gasteiger charge is -2.50. The molecule has 61 heavy (non-hydrogen) atoms. The van der Waals surface area contributed by atoms with Crippen LogP contribution in [0.4, 0.5) is 0 Å². The van der Waals surface area contributed by atoms with Crippen molar-refractivity contribution in [3.8, 4) is 0 Å². The Morgan fingerprint density at radius 2 is 1.64 bits per heavy atom. The van der Waals surface area contributed by atoms with Gasteiger partial charge in [-0.3, -0.25) is 13.8 Å². The molecule has 5 saturated heterocycles. The molecule has 0 amide bonds. The van der Waals surface area contributed by atoms with Gasteiger partial charge in [-0.15, -0.1) is 0 Å². The van der Waals surface area contributed by atoms with Gasteiger partial charge in [0.25, 0.3) is 0 Å². The molecule has 8 aliphatic rings. The van der Waals surface area contributed by atoms with Crippen LogP contribution in [0.5, 0.6) is 0 Å². The third-order valence-corrected chi connectivity index (χ3v) is 19.8. The highest BCUT2D eigenvalue weighted by Gasteiger charge is 2.53. The van der Waals surface area contributed by atoms with E-state index in [-0.39, 0.29) is 78.1 Å². The van der Waals surface area contributed by atoms with Crippen LogP contribution in [-0.4, -0.2) is 122 Å². The number of Topliss-reactive ketones (excluding diaryl/α,β-unsaturated/α-hetero) is 1. The summed E-state index contributed by atoms with van der Waals surface area (Å²) in [6, 6.07) is 0. The summed E-state index contributed by atoms with van der Waals surface area (Å²) in [4.78, 5) is 27.5. The molecule has 0 saturated carbocycles. The van der Waals surface area contributed by atoms with E-state index in [1.54, 1.807) is 12.2 Å². The third-order valence-electron chi connectivity index (χ3n) is 14.4. The van der Waals surface area contributed by atoms with E-state index >= 15 is 0 Å². The molecule has 5 fully saturated rings. The minimum atomic E-state index is -2.43. The molecule has 0 aliphatic carbocycles. The molecule has 8 bridgehead atoms. The molecular formula is C45H71BrO12S2Si. The van der Waals surface area contributed by atoms with Crippen molar-refractivity contribution in [2.75, 3.05) is 6.61 Å². The normalized spacial score (nSPS) is 40.9. The van der Waals surface area contributed by atoms with Gasteiger partial charge in [-0.05, 0) is 111 Å². The molecule has 8 heterocycles. The monoisotopic (exact) mass is 974 g/mol. The first-order valence-corrected chi connectivity index (χ1v) is 28.3. The van der Waals surface area contributed by atoms with E-state index in [4.69, 9.17) is 36.5 Å². The molecule has 0 aromatic heterocycles. The van der Waals surface area contributed by atoms with Gasteiger partial charge in [0.15, 0.2) is 14.1 Å². The summed E-state index contributed by atoms with van der Waals surface area (Å²) >= 11 is 7.15. The molecular weight excluding hydrogens is 905 g/mol. The Hall–Kier alpha value is -0.443. The molecule has 16 heteroatoms. The first-order valence-electron chi connectivity index (χ1n) is 22.5. The minimum Gasteiger partial charge on any atom is -0.408 e. The Labute approximate surface area is 382 Å². The van der Waals surface area contributed by atoms with Gasteiger partial charge in [0.05, 0.1) is 78.1 Å². The van der Waals surface area contributed by atoms with Gasteiger partial charge in [0, 0.05) is 46.9 Å². The van der Waals surface area contributed by atoms with E-state index in [0.717, 1.165) is 40.9 Å². The molecule has 16 atom stereocenters. The number of thiol groups is 1. The smallest absolute Gasteiger partial charge is 0.193 e. The number of ether oxygens (including phenoxy) is 5. The molecule has 0 radical (unpaired) electrons. The minimum absolute atomic E-state index is 0.000551. The number of hydrogen-bond acceptors (Lipinski definition) is 14. The van der Waals surface area contributed by atoms with Gasteiger partial charge in [-0.2, -0.15) is 0 Å². The van der Waals surface area contributed by atoms with Gasteiger partial charge in [-0.25, -0.2) is 0 Å². The van der Waals surface area contributed by atoms with E-state index in [2.05, 4.69) is 81.7 Å². The summed E-state index contributed by atoms with van der Waals surface area (Å²) in [5, 5.41) is 22.4. The summed E-state index contributed by atoms with van der Waals surface area (Å²) < 4.78 is 51.2. The van der Waals surface area contributed by atoms with Crippen molar-refractivity contribution in [2.24, 2.45) is 11.8 Å². The highest BCUT2D eigenvalue weighted by molar-refractivity contribution is 9.49. The van der Waals surface area contributed by atoms with Crippen LogP contribution >= 0.6 is 38.2 Å². The fourth-order valence-corrected chi connectivity index (χ4v) is 12.2. The number of carbonyl (C=O) groups is 2. The second-order valence-electron chi connectivity index (χ2n) is 20.1. The summed E-state index contributed by atoms with van der Waals surface area (Å²) in [6.07, 6.45) is 3.79. The van der Waals surface area contributed by atoms with Crippen molar-refractivity contribution < 1.29 is 56.3 Å². The number of halogens is 1. The van der Waals surface area contributed by atoms with Crippen molar-refractivity contribution in [1.82, 2.24) is 0 Å². The van der Waals surface area contributed by atoms with Crippen molar-refractivity contribution in [1.29, 1.82) is 0 Å². The number of rotatable bonds is 8. The Morgan fingerprint density at radius 3 is 2.36 bits per heavy atom. The van der Waals surface area contributed by atoms with E-state index in [0.29, 0.717) is 57.8 Å². The number of hydrogen-bond donors (Lipinski definition) is 3. The molecule has 0 aromatic carbocycles. The van der Waals surface area contributed by atoms with Gasteiger partial charge >= 0.3 is 0 Å². The summed E-state index contributed by atoms with van der Waals surface area (Å²) in [6.45, 7) is 21.9. The average molecular weight is 976 g/mol. The van der Waals surface area contributed by atoms with E-state index < -0.39 is 57.1 Å². The third kappa shape index (κ3) is 12.9. The number of aliphatic hydroxyl groups is 2. The fourth-order valence-electron chi connectivity index (χ4n) is 9.92. The maximum Gasteiger partial charge on any atom is 0.193 e. The van der Waals surface area contributed by atoms with Crippen molar-refractivity contribution in [3.63, 3.8) is 0 Å². The largest absolute Gasteiger partial charge is 0.408 e. The first-order chi connectivity index (χ1) is 28.8. The predicted octanol–water partition coefficient (Wildman–Crippen LogP) is 8.28. The van der Waals surface area contributed by atoms with E-state index in [1.165, 1.54) is 0 Å². The maximum absolute atomic E-state index is 14.0. The van der Waals surface area contributed by atoms with E-state index in [1.807, 2.05) is 0 Å². The lowest BCUT2D eigenvalue weighted by Crippen LogP contribution is -2.64. The van der Waals surface area contributed by atoms with Crippen LogP contribution in [0.2, 0.25) is 18.1 Å². The van der Waals surface area contributed by atoms with Crippen LogP contribution in [0.15, 0.2) is 36.5 Å². The Kier molecular flexibility index (Phi) is 17.9. The predicted molar refractivity (Wildman–Crippen MR) is 244 cm³/mol. The quantitative estimate of drug-likeness (QED) is 0.0929. The number of aliphatic hydroxyl groups excluding tert-OH is 2. The van der Waals surface area contributed by atoms with Gasteiger partial charge < -0.3 is 42.5 Å². The zero-order valence-electron chi connectivity index (χ0n) is 36.9. The second-order valence-corrected chi connectivity index (χ2v) is 26.2. The number of allylic oxidation sites excluding steroid dienone is 1. The van der Waals surface area contributed by atoms with Crippen LogP contribution in [-0.2, 0) is 46.1 Å².